The maximum Gasteiger partial charge on any atom is 0.508 e. The van der Waals surface area contributed by atoms with Gasteiger partial charge in [0.25, 0.3) is 0 Å². The first-order valence-electron chi connectivity index (χ1n) is 14.0. The van der Waals surface area contributed by atoms with E-state index in [1.807, 2.05) is 0 Å². The van der Waals surface area contributed by atoms with Crippen molar-refractivity contribution in [2.45, 2.75) is 129 Å². The average Bonchev–Trinajstić information content (AvgIpc) is 2.81. The van der Waals surface area contributed by atoms with Crippen LogP contribution in [0.4, 0.5) is 4.79 Å². The summed E-state index contributed by atoms with van der Waals surface area (Å²) in [6, 6.07) is 0. The van der Waals surface area contributed by atoms with E-state index in [-0.39, 0.29) is 12.7 Å². The second kappa shape index (κ2) is 27.4. The fourth-order valence-corrected chi connectivity index (χ4v) is 3.86. The van der Waals surface area contributed by atoms with Crippen LogP contribution in [0.3, 0.4) is 0 Å². The topological polar surface area (TPSA) is 77.0 Å². The van der Waals surface area contributed by atoms with Gasteiger partial charge in [0.15, 0.2) is 0 Å². The van der Waals surface area contributed by atoms with Crippen LogP contribution in [0.25, 0.3) is 0 Å². The number of ether oxygens (including phenoxy) is 3. The highest BCUT2D eigenvalue weighted by atomic mass is 16.7. The lowest BCUT2D eigenvalue weighted by molar-refractivity contribution is 0.0154. The van der Waals surface area contributed by atoms with Crippen molar-refractivity contribution in [1.82, 2.24) is 5.32 Å². The Balaban J connectivity index is 3.89. The van der Waals surface area contributed by atoms with Gasteiger partial charge >= 0.3 is 6.16 Å². The molecule has 0 rings (SSSR count). The van der Waals surface area contributed by atoms with Crippen LogP contribution in [0.5, 0.6) is 0 Å². The molecule has 6 heteroatoms. The van der Waals surface area contributed by atoms with Gasteiger partial charge in [-0.3, -0.25) is 0 Å². The van der Waals surface area contributed by atoms with Crippen LogP contribution < -0.4 is 5.32 Å². The average molecular weight is 474 g/mol. The smallest absolute Gasteiger partial charge is 0.434 e. The highest BCUT2D eigenvalue weighted by Crippen LogP contribution is 2.17. The zero-order chi connectivity index (χ0) is 24.2. The Morgan fingerprint density at radius 3 is 1.88 bits per heavy atom. The van der Waals surface area contributed by atoms with Gasteiger partial charge in [0.05, 0.1) is 26.4 Å². The van der Waals surface area contributed by atoms with Crippen molar-refractivity contribution in [1.29, 1.82) is 0 Å². The number of unbranched alkanes of at least 4 members (excludes halogenated alkanes) is 12. The molecule has 0 aliphatic carbocycles. The van der Waals surface area contributed by atoms with Gasteiger partial charge in [0, 0.05) is 6.54 Å². The molecule has 2 N–H and O–H groups in total. The number of hydrogen-bond acceptors (Lipinski definition) is 6. The number of nitrogens with one attached hydrogen (secondary N) is 1. The van der Waals surface area contributed by atoms with Gasteiger partial charge < -0.3 is 24.6 Å². The third-order valence-electron chi connectivity index (χ3n) is 5.90. The molecule has 0 saturated carbocycles. The molecular weight excluding hydrogens is 418 g/mol. The number of carbonyl (C=O) groups excluding carboxylic acids is 1. The van der Waals surface area contributed by atoms with Gasteiger partial charge in [-0.25, -0.2) is 4.79 Å². The van der Waals surface area contributed by atoms with Crippen molar-refractivity contribution in [3.8, 4) is 0 Å². The Bertz CT molecular complexity index is 379. The summed E-state index contributed by atoms with van der Waals surface area (Å²) >= 11 is 0. The van der Waals surface area contributed by atoms with Gasteiger partial charge in [-0.1, -0.05) is 78.1 Å². The summed E-state index contributed by atoms with van der Waals surface area (Å²) in [5.74, 6) is 0. The molecule has 6 nitrogen and oxygen atoms in total. The second-order valence-corrected chi connectivity index (χ2v) is 9.10. The van der Waals surface area contributed by atoms with E-state index in [0.29, 0.717) is 19.8 Å². The van der Waals surface area contributed by atoms with E-state index in [9.17, 15) is 4.79 Å². The van der Waals surface area contributed by atoms with E-state index in [2.05, 4.69) is 19.2 Å². The largest absolute Gasteiger partial charge is 0.508 e. The lowest BCUT2D eigenvalue weighted by atomic mass is 10.0. The molecule has 0 spiro atoms. The standard InChI is InChI=1S/C27H55NO5/c1-3-5-7-9-11-14-18-26(19-15-12-10-8-6-4-2)33-27(30)32-23-17-13-16-20-28-21-24-31-25-22-29/h26,28-29H,3-25H2,1-2H3. The second-order valence-electron chi connectivity index (χ2n) is 9.10. The quantitative estimate of drug-likeness (QED) is 0.106. The monoisotopic (exact) mass is 473 g/mol. The molecule has 0 unspecified atom stereocenters. The zero-order valence-electron chi connectivity index (χ0n) is 21.9. The highest BCUT2D eigenvalue weighted by molar-refractivity contribution is 5.60. The predicted molar refractivity (Wildman–Crippen MR) is 137 cm³/mol. The Morgan fingerprint density at radius 1 is 0.697 bits per heavy atom. The molecule has 198 valence electrons. The van der Waals surface area contributed by atoms with Crippen molar-refractivity contribution in [2.75, 3.05) is 39.5 Å². The van der Waals surface area contributed by atoms with E-state index in [1.165, 1.54) is 64.2 Å². The normalized spacial score (nSPS) is 11.3. The Kier molecular flexibility index (Phi) is 26.7. The van der Waals surface area contributed by atoms with Gasteiger partial charge in [0.2, 0.25) is 0 Å². The molecule has 0 heterocycles. The van der Waals surface area contributed by atoms with Crippen LogP contribution in [0.1, 0.15) is 123 Å². The van der Waals surface area contributed by atoms with E-state index in [0.717, 1.165) is 58.0 Å². The summed E-state index contributed by atoms with van der Waals surface area (Å²) < 4.78 is 16.2. The fourth-order valence-electron chi connectivity index (χ4n) is 3.86. The summed E-state index contributed by atoms with van der Waals surface area (Å²) in [6.45, 7) is 7.71. The van der Waals surface area contributed by atoms with Crippen LogP contribution in [0.15, 0.2) is 0 Å². The number of aliphatic hydroxyl groups is 1. The lowest BCUT2D eigenvalue weighted by Crippen LogP contribution is -2.21. The third-order valence-corrected chi connectivity index (χ3v) is 5.90. The van der Waals surface area contributed by atoms with Gasteiger partial charge in [-0.2, -0.15) is 0 Å². The molecule has 0 radical (unpaired) electrons. The minimum atomic E-state index is -0.490. The maximum atomic E-state index is 12.2. The van der Waals surface area contributed by atoms with Crippen molar-refractivity contribution < 1.29 is 24.1 Å². The molecular formula is C27H55NO5. The number of hydrogen-bond donors (Lipinski definition) is 2. The highest BCUT2D eigenvalue weighted by Gasteiger charge is 2.15. The molecule has 0 fully saturated rings. The first-order chi connectivity index (χ1) is 16.2. The zero-order valence-corrected chi connectivity index (χ0v) is 21.9. The van der Waals surface area contributed by atoms with Crippen molar-refractivity contribution in [2.24, 2.45) is 0 Å². The van der Waals surface area contributed by atoms with Crippen LogP contribution in [0, 0.1) is 0 Å². The summed E-state index contributed by atoms with van der Waals surface area (Å²) in [5, 5.41) is 11.9. The Labute approximate surface area is 204 Å². The minimum Gasteiger partial charge on any atom is -0.434 e. The lowest BCUT2D eigenvalue weighted by Gasteiger charge is -2.18. The molecule has 33 heavy (non-hydrogen) atoms. The van der Waals surface area contributed by atoms with Gasteiger partial charge in [-0.05, 0) is 51.5 Å². The Hall–Kier alpha value is -0.850. The summed E-state index contributed by atoms with van der Waals surface area (Å²) in [7, 11) is 0. The van der Waals surface area contributed by atoms with E-state index in [1.54, 1.807) is 0 Å². The van der Waals surface area contributed by atoms with Crippen molar-refractivity contribution in [3.63, 3.8) is 0 Å². The van der Waals surface area contributed by atoms with Gasteiger partial charge in [0.1, 0.15) is 6.10 Å². The molecule has 0 aliphatic heterocycles. The number of aliphatic hydroxyl groups excluding tert-OH is 1. The van der Waals surface area contributed by atoms with Crippen LogP contribution >= 0.6 is 0 Å². The first kappa shape index (κ1) is 32.1. The molecule has 0 aromatic carbocycles. The van der Waals surface area contributed by atoms with Crippen LogP contribution in [0.2, 0.25) is 0 Å². The summed E-state index contributed by atoms with van der Waals surface area (Å²) in [5.41, 5.74) is 0. The van der Waals surface area contributed by atoms with Crippen LogP contribution in [-0.2, 0) is 14.2 Å². The van der Waals surface area contributed by atoms with E-state index in [4.69, 9.17) is 19.3 Å². The molecule has 0 atom stereocenters. The molecule has 0 bridgehead atoms. The van der Waals surface area contributed by atoms with Crippen molar-refractivity contribution >= 4 is 6.16 Å². The predicted octanol–water partition coefficient (Wildman–Crippen LogP) is 6.78. The van der Waals surface area contributed by atoms with Crippen molar-refractivity contribution in [3.05, 3.63) is 0 Å². The minimum absolute atomic E-state index is 0.00658. The molecule has 0 aromatic rings. The molecule has 0 saturated heterocycles. The van der Waals surface area contributed by atoms with Crippen LogP contribution in [-0.4, -0.2) is 56.9 Å². The van der Waals surface area contributed by atoms with E-state index >= 15 is 0 Å². The first-order valence-corrected chi connectivity index (χ1v) is 14.0. The molecule has 0 amide bonds. The van der Waals surface area contributed by atoms with Gasteiger partial charge in [-0.15, -0.1) is 0 Å². The molecule has 0 aromatic heterocycles. The van der Waals surface area contributed by atoms with E-state index < -0.39 is 6.16 Å². The maximum absolute atomic E-state index is 12.2. The SMILES string of the molecule is CCCCCCCCC(CCCCCCCC)OC(=O)OCCCCCNCCOCCO. The number of rotatable bonds is 26. The Morgan fingerprint density at radius 2 is 1.27 bits per heavy atom. The molecule has 0 aliphatic rings. The summed E-state index contributed by atoms with van der Waals surface area (Å²) in [6.07, 6.45) is 19.5. The fraction of sp³-hybridized carbons (Fsp3) is 0.963. The summed E-state index contributed by atoms with van der Waals surface area (Å²) in [4.78, 5) is 12.2. The number of carbonyl (C=O) groups is 1. The third kappa shape index (κ3) is 25.6.